The minimum atomic E-state index is -0.577. The molecule has 0 spiro atoms. The molecule has 0 aromatic heterocycles. The maximum absolute atomic E-state index is 12.1. The van der Waals surface area contributed by atoms with Gasteiger partial charge in [0, 0.05) is 20.2 Å². The van der Waals surface area contributed by atoms with E-state index < -0.39 is 6.10 Å². The van der Waals surface area contributed by atoms with Crippen molar-refractivity contribution in [1.29, 1.82) is 0 Å². The van der Waals surface area contributed by atoms with E-state index in [0.717, 1.165) is 25.7 Å². The minimum Gasteiger partial charge on any atom is -0.394 e. The van der Waals surface area contributed by atoms with E-state index in [2.05, 4.69) is 0 Å². The lowest BCUT2D eigenvalue weighted by Crippen LogP contribution is -2.49. The van der Waals surface area contributed by atoms with Crippen molar-refractivity contribution >= 4 is 5.91 Å². The van der Waals surface area contributed by atoms with Gasteiger partial charge in [-0.15, -0.1) is 0 Å². The number of nitrogens with zero attached hydrogens (tertiary/aromatic N) is 1. The second-order valence-corrected chi connectivity index (χ2v) is 4.18. The van der Waals surface area contributed by atoms with Crippen LogP contribution in [0.15, 0.2) is 0 Å². The third-order valence-corrected chi connectivity index (χ3v) is 3.14. The molecule has 0 aromatic rings. The van der Waals surface area contributed by atoms with Gasteiger partial charge in [-0.05, 0) is 12.8 Å². The Hall–Kier alpha value is -0.650. The van der Waals surface area contributed by atoms with Crippen LogP contribution < -0.4 is 5.73 Å². The third-order valence-electron chi connectivity index (χ3n) is 3.14. The monoisotopic (exact) mass is 230 g/mol. The fourth-order valence-electron chi connectivity index (χ4n) is 2.14. The van der Waals surface area contributed by atoms with Gasteiger partial charge in [-0.1, -0.05) is 12.8 Å². The van der Waals surface area contributed by atoms with Crippen LogP contribution in [0.4, 0.5) is 0 Å². The Morgan fingerprint density at radius 2 is 2.31 bits per heavy atom. The number of ether oxygens (including phenoxy) is 1. The van der Waals surface area contributed by atoms with Gasteiger partial charge in [0.25, 0.3) is 5.91 Å². The summed E-state index contributed by atoms with van der Waals surface area (Å²) in [6, 6.07) is -0.0702. The third kappa shape index (κ3) is 3.17. The van der Waals surface area contributed by atoms with E-state index in [0.29, 0.717) is 6.54 Å². The number of hydrogen-bond acceptors (Lipinski definition) is 4. The highest BCUT2D eigenvalue weighted by Crippen LogP contribution is 2.17. The first-order valence-electron chi connectivity index (χ1n) is 5.88. The van der Waals surface area contributed by atoms with Gasteiger partial charge < -0.3 is 20.5 Å². The van der Waals surface area contributed by atoms with Crippen LogP contribution in [0.25, 0.3) is 0 Å². The van der Waals surface area contributed by atoms with E-state index in [4.69, 9.17) is 10.5 Å². The van der Waals surface area contributed by atoms with Crippen molar-refractivity contribution in [3.05, 3.63) is 0 Å². The van der Waals surface area contributed by atoms with Crippen LogP contribution in [-0.2, 0) is 9.53 Å². The summed E-state index contributed by atoms with van der Waals surface area (Å²) in [5.41, 5.74) is 5.48. The molecule has 2 unspecified atom stereocenters. The van der Waals surface area contributed by atoms with Crippen LogP contribution in [0, 0.1) is 0 Å². The maximum Gasteiger partial charge on any atom is 0.253 e. The SMILES string of the molecule is COC(CN)C(=O)N1CCCCCC1CO. The minimum absolute atomic E-state index is 0.0206. The van der Waals surface area contributed by atoms with E-state index in [1.165, 1.54) is 7.11 Å². The molecule has 1 aliphatic rings. The highest BCUT2D eigenvalue weighted by atomic mass is 16.5. The Labute approximate surface area is 96.6 Å². The first-order valence-corrected chi connectivity index (χ1v) is 5.88. The molecule has 0 saturated carbocycles. The molecule has 0 bridgehead atoms. The van der Waals surface area contributed by atoms with Crippen molar-refractivity contribution in [2.24, 2.45) is 5.73 Å². The molecule has 1 heterocycles. The lowest BCUT2D eigenvalue weighted by Gasteiger charge is -2.31. The van der Waals surface area contributed by atoms with Crippen LogP contribution in [-0.4, -0.2) is 54.9 Å². The summed E-state index contributed by atoms with van der Waals surface area (Å²) in [5.74, 6) is -0.0917. The molecule has 2 atom stereocenters. The fourth-order valence-corrected chi connectivity index (χ4v) is 2.14. The summed E-state index contributed by atoms with van der Waals surface area (Å²) < 4.78 is 5.05. The largest absolute Gasteiger partial charge is 0.394 e. The molecule has 16 heavy (non-hydrogen) atoms. The summed E-state index contributed by atoms with van der Waals surface area (Å²) in [7, 11) is 1.49. The van der Waals surface area contributed by atoms with Gasteiger partial charge in [-0.25, -0.2) is 0 Å². The molecular weight excluding hydrogens is 208 g/mol. The molecule has 1 saturated heterocycles. The van der Waals surface area contributed by atoms with Crippen molar-refractivity contribution in [3.8, 4) is 0 Å². The van der Waals surface area contributed by atoms with E-state index in [-0.39, 0.29) is 25.1 Å². The van der Waals surface area contributed by atoms with Gasteiger partial charge in [-0.2, -0.15) is 0 Å². The topological polar surface area (TPSA) is 75.8 Å². The molecular formula is C11H22N2O3. The second kappa shape index (κ2) is 6.83. The van der Waals surface area contributed by atoms with Crippen molar-refractivity contribution in [3.63, 3.8) is 0 Å². The smallest absolute Gasteiger partial charge is 0.253 e. The number of rotatable bonds is 4. The Bertz CT molecular complexity index is 219. The molecule has 5 nitrogen and oxygen atoms in total. The van der Waals surface area contributed by atoms with Crippen LogP contribution >= 0.6 is 0 Å². The Kier molecular flexibility index (Phi) is 5.73. The van der Waals surface area contributed by atoms with Crippen molar-refractivity contribution < 1.29 is 14.6 Å². The van der Waals surface area contributed by atoms with Crippen LogP contribution in [0.5, 0.6) is 0 Å². The lowest BCUT2D eigenvalue weighted by atomic mass is 10.1. The molecule has 0 radical (unpaired) electrons. The fraction of sp³-hybridized carbons (Fsp3) is 0.909. The molecule has 1 aliphatic heterocycles. The summed E-state index contributed by atoms with van der Waals surface area (Å²) in [4.78, 5) is 13.8. The summed E-state index contributed by atoms with van der Waals surface area (Å²) >= 11 is 0. The number of aliphatic hydroxyl groups excluding tert-OH is 1. The van der Waals surface area contributed by atoms with E-state index >= 15 is 0 Å². The van der Waals surface area contributed by atoms with Gasteiger partial charge in [0.15, 0.2) is 0 Å². The standard InChI is InChI=1S/C11H22N2O3/c1-16-10(7-12)11(15)13-6-4-2-3-5-9(13)8-14/h9-10,14H,2-8,12H2,1H3. The highest BCUT2D eigenvalue weighted by molar-refractivity contribution is 5.81. The first kappa shape index (κ1) is 13.4. The number of hydrogen-bond donors (Lipinski definition) is 2. The molecule has 94 valence electrons. The van der Waals surface area contributed by atoms with Crippen molar-refractivity contribution in [1.82, 2.24) is 4.90 Å². The molecule has 0 aliphatic carbocycles. The van der Waals surface area contributed by atoms with Gasteiger partial charge in [0.1, 0.15) is 6.10 Å². The molecule has 3 N–H and O–H groups in total. The predicted molar refractivity (Wildman–Crippen MR) is 60.9 cm³/mol. The van der Waals surface area contributed by atoms with Crippen LogP contribution in [0.2, 0.25) is 0 Å². The quantitative estimate of drug-likeness (QED) is 0.696. The average Bonchev–Trinajstić information content (AvgIpc) is 2.55. The number of carbonyl (C=O) groups excluding carboxylic acids is 1. The number of likely N-dealkylation sites (tertiary alicyclic amines) is 1. The normalized spacial score (nSPS) is 23.9. The number of aliphatic hydroxyl groups is 1. The lowest BCUT2D eigenvalue weighted by molar-refractivity contribution is -0.144. The predicted octanol–water partition coefficient (Wildman–Crippen LogP) is -0.276. The van der Waals surface area contributed by atoms with Gasteiger partial charge in [0.2, 0.25) is 0 Å². The molecule has 5 heteroatoms. The first-order chi connectivity index (χ1) is 7.74. The van der Waals surface area contributed by atoms with E-state index in [1.54, 1.807) is 4.90 Å². The van der Waals surface area contributed by atoms with Gasteiger partial charge in [0.05, 0.1) is 12.6 Å². The van der Waals surface area contributed by atoms with E-state index in [1.807, 2.05) is 0 Å². The zero-order valence-corrected chi connectivity index (χ0v) is 9.89. The Morgan fingerprint density at radius 3 is 2.88 bits per heavy atom. The summed E-state index contributed by atoms with van der Waals surface area (Å²) in [6.45, 7) is 0.903. The maximum atomic E-state index is 12.1. The van der Waals surface area contributed by atoms with Crippen molar-refractivity contribution in [2.45, 2.75) is 37.8 Å². The summed E-state index contributed by atoms with van der Waals surface area (Å²) in [6.07, 6.45) is 3.45. The van der Waals surface area contributed by atoms with Crippen LogP contribution in [0.3, 0.4) is 0 Å². The Balaban J connectivity index is 2.68. The molecule has 1 amide bonds. The zero-order valence-electron chi connectivity index (χ0n) is 9.89. The van der Waals surface area contributed by atoms with Crippen molar-refractivity contribution in [2.75, 3.05) is 26.8 Å². The van der Waals surface area contributed by atoms with Gasteiger partial charge >= 0.3 is 0 Å². The van der Waals surface area contributed by atoms with Gasteiger partial charge in [-0.3, -0.25) is 4.79 Å². The number of nitrogens with two attached hydrogens (primary N) is 1. The number of carbonyl (C=O) groups is 1. The number of amides is 1. The zero-order chi connectivity index (χ0) is 12.0. The van der Waals surface area contributed by atoms with E-state index in [9.17, 15) is 9.90 Å². The highest BCUT2D eigenvalue weighted by Gasteiger charge is 2.29. The molecule has 0 aromatic carbocycles. The van der Waals surface area contributed by atoms with Crippen LogP contribution in [0.1, 0.15) is 25.7 Å². The molecule has 1 rings (SSSR count). The Morgan fingerprint density at radius 1 is 1.56 bits per heavy atom. The average molecular weight is 230 g/mol. The number of methoxy groups -OCH3 is 1. The summed E-state index contributed by atoms with van der Waals surface area (Å²) in [5, 5.41) is 9.30. The molecule has 1 fully saturated rings. The second-order valence-electron chi connectivity index (χ2n) is 4.18.